The highest BCUT2D eigenvalue weighted by Crippen LogP contribution is 2.29. The molecule has 3 rings (SSSR count). The van der Waals surface area contributed by atoms with Crippen LogP contribution in [0.4, 0.5) is 5.69 Å². The summed E-state index contributed by atoms with van der Waals surface area (Å²) in [6.07, 6.45) is 2.19. The summed E-state index contributed by atoms with van der Waals surface area (Å²) in [5.74, 6) is 0.0882. The van der Waals surface area contributed by atoms with Gasteiger partial charge in [0.05, 0.1) is 13.0 Å². The maximum absolute atomic E-state index is 12.7. The lowest BCUT2D eigenvalue weighted by Gasteiger charge is -2.17. The van der Waals surface area contributed by atoms with Crippen molar-refractivity contribution in [2.75, 3.05) is 38.0 Å². The topological polar surface area (TPSA) is 97.0 Å². The molecular weight excluding hydrogens is 442 g/mol. The van der Waals surface area contributed by atoms with Crippen molar-refractivity contribution >= 4 is 35.2 Å². The van der Waals surface area contributed by atoms with Gasteiger partial charge in [0.15, 0.2) is 18.1 Å². The fourth-order valence-corrected chi connectivity index (χ4v) is 3.97. The number of ether oxygens (including phenoxy) is 2. The summed E-state index contributed by atoms with van der Waals surface area (Å²) < 4.78 is 10.9. The zero-order valence-corrected chi connectivity index (χ0v) is 19.9. The number of nitrogens with zero attached hydrogens (tertiary/aromatic N) is 1. The van der Waals surface area contributed by atoms with Gasteiger partial charge in [0.1, 0.15) is 0 Å². The number of methoxy groups -OCH3 is 1. The molecule has 9 heteroatoms. The molecule has 2 aromatic rings. The van der Waals surface area contributed by atoms with Crippen molar-refractivity contribution in [2.24, 2.45) is 5.92 Å². The average molecular weight is 472 g/mol. The van der Waals surface area contributed by atoms with Crippen molar-refractivity contribution in [3.05, 3.63) is 48.0 Å². The quantitative estimate of drug-likeness (QED) is 0.517. The summed E-state index contributed by atoms with van der Waals surface area (Å²) >= 11 is 1.64. The summed E-state index contributed by atoms with van der Waals surface area (Å²) in [5.41, 5.74) is 1.63. The van der Waals surface area contributed by atoms with E-state index in [0.29, 0.717) is 31.1 Å². The second-order valence-electron chi connectivity index (χ2n) is 7.55. The highest BCUT2D eigenvalue weighted by molar-refractivity contribution is 7.98. The maximum Gasteiger partial charge on any atom is 0.257 e. The van der Waals surface area contributed by atoms with E-state index < -0.39 is 5.92 Å². The van der Waals surface area contributed by atoms with E-state index in [-0.39, 0.29) is 30.7 Å². The molecule has 3 amide bonds. The maximum atomic E-state index is 12.7. The Morgan fingerprint density at radius 1 is 1.12 bits per heavy atom. The van der Waals surface area contributed by atoms with Crippen molar-refractivity contribution in [3.8, 4) is 11.5 Å². The second-order valence-corrected chi connectivity index (χ2v) is 8.43. The fourth-order valence-electron chi connectivity index (χ4n) is 3.56. The molecule has 176 valence electrons. The monoisotopic (exact) mass is 471 g/mol. The molecule has 0 aliphatic carbocycles. The van der Waals surface area contributed by atoms with Gasteiger partial charge >= 0.3 is 0 Å². The molecule has 0 saturated carbocycles. The molecule has 1 atom stereocenters. The Hall–Kier alpha value is -3.20. The molecule has 1 unspecified atom stereocenters. The molecular formula is C24H29N3O5S. The zero-order chi connectivity index (χ0) is 23.8. The summed E-state index contributed by atoms with van der Waals surface area (Å²) in [6.45, 7) is 2.92. The molecule has 8 nitrogen and oxygen atoms in total. The van der Waals surface area contributed by atoms with E-state index in [9.17, 15) is 14.4 Å². The lowest BCUT2D eigenvalue weighted by molar-refractivity contribution is -0.126. The number of thioether (sulfide) groups is 1. The van der Waals surface area contributed by atoms with E-state index in [4.69, 9.17) is 9.47 Å². The molecule has 2 N–H and O–H groups in total. The number of nitrogens with one attached hydrogen (secondary N) is 2. The van der Waals surface area contributed by atoms with Gasteiger partial charge in [-0.05, 0) is 55.1 Å². The van der Waals surface area contributed by atoms with Gasteiger partial charge in [0.25, 0.3) is 5.91 Å². The van der Waals surface area contributed by atoms with E-state index in [2.05, 4.69) is 10.6 Å². The molecule has 1 aliphatic heterocycles. The Labute approximate surface area is 198 Å². The van der Waals surface area contributed by atoms with E-state index >= 15 is 0 Å². The van der Waals surface area contributed by atoms with E-state index in [1.807, 2.05) is 37.4 Å². The number of likely N-dealkylation sites (N-methyl/N-ethyl adjacent to an activating group) is 1. The fraction of sp³-hybridized carbons (Fsp3) is 0.375. The third kappa shape index (κ3) is 6.41. The minimum atomic E-state index is -0.403. The number of anilines is 1. The molecule has 33 heavy (non-hydrogen) atoms. The van der Waals surface area contributed by atoms with Crippen LogP contribution in [-0.4, -0.2) is 50.8 Å². The Kier molecular flexibility index (Phi) is 8.59. The first-order valence-corrected chi connectivity index (χ1v) is 12.0. The number of carbonyl (C=O) groups excluding carboxylic acids is 3. The van der Waals surface area contributed by atoms with Gasteiger partial charge in [-0.25, -0.2) is 0 Å². The predicted octanol–water partition coefficient (Wildman–Crippen LogP) is 2.60. The number of benzene rings is 2. The van der Waals surface area contributed by atoms with E-state index in [1.54, 1.807) is 34.9 Å². The standard InChI is InChI=1S/C24H29N3O5S/c1-4-25-22(28)15-32-20-10-5-16(11-21(20)31-2)13-26-24(30)17-12-23(29)27(14-17)18-6-8-19(33-3)9-7-18/h5-11,17H,4,12-15H2,1-3H3,(H,25,28)(H,26,30). The van der Waals surface area contributed by atoms with Gasteiger partial charge in [-0.15, -0.1) is 11.8 Å². The first-order chi connectivity index (χ1) is 15.9. The Bertz CT molecular complexity index is 996. The van der Waals surface area contributed by atoms with Gasteiger partial charge in [0, 0.05) is 36.6 Å². The van der Waals surface area contributed by atoms with Crippen LogP contribution >= 0.6 is 11.8 Å². The second kappa shape index (κ2) is 11.6. The third-order valence-electron chi connectivity index (χ3n) is 5.31. The summed E-state index contributed by atoms with van der Waals surface area (Å²) in [7, 11) is 1.52. The molecule has 1 saturated heterocycles. The molecule has 0 bridgehead atoms. The molecule has 1 heterocycles. The van der Waals surface area contributed by atoms with Crippen molar-refractivity contribution in [1.82, 2.24) is 10.6 Å². The zero-order valence-electron chi connectivity index (χ0n) is 19.1. The molecule has 1 fully saturated rings. The third-order valence-corrected chi connectivity index (χ3v) is 6.05. The van der Waals surface area contributed by atoms with Gasteiger partial charge in [-0.2, -0.15) is 0 Å². The molecule has 1 aliphatic rings. The van der Waals surface area contributed by atoms with Crippen LogP contribution in [0.1, 0.15) is 18.9 Å². The Morgan fingerprint density at radius 2 is 1.88 bits per heavy atom. The minimum Gasteiger partial charge on any atom is -0.493 e. The van der Waals surface area contributed by atoms with Gasteiger partial charge < -0.3 is 25.0 Å². The van der Waals surface area contributed by atoms with Crippen LogP contribution in [-0.2, 0) is 20.9 Å². The molecule has 2 aromatic carbocycles. The lowest BCUT2D eigenvalue weighted by Crippen LogP contribution is -2.32. The Morgan fingerprint density at radius 3 is 2.55 bits per heavy atom. The van der Waals surface area contributed by atoms with Crippen LogP contribution in [0.3, 0.4) is 0 Å². The van der Waals surface area contributed by atoms with Crippen LogP contribution in [0.2, 0.25) is 0 Å². The van der Waals surface area contributed by atoms with Crippen LogP contribution in [0.15, 0.2) is 47.4 Å². The van der Waals surface area contributed by atoms with Gasteiger partial charge in [0.2, 0.25) is 11.8 Å². The van der Waals surface area contributed by atoms with Gasteiger partial charge in [-0.3, -0.25) is 14.4 Å². The summed E-state index contributed by atoms with van der Waals surface area (Å²) in [4.78, 5) is 39.6. The SMILES string of the molecule is CCNC(=O)COc1ccc(CNC(=O)C2CC(=O)N(c3ccc(SC)cc3)C2)cc1OC. The largest absolute Gasteiger partial charge is 0.493 e. The minimum absolute atomic E-state index is 0.0534. The summed E-state index contributed by atoms with van der Waals surface area (Å²) in [6, 6.07) is 13.0. The van der Waals surface area contributed by atoms with Crippen LogP contribution in [0, 0.1) is 5.92 Å². The first-order valence-electron chi connectivity index (χ1n) is 10.7. The van der Waals surface area contributed by atoms with Crippen molar-refractivity contribution in [3.63, 3.8) is 0 Å². The van der Waals surface area contributed by atoms with Gasteiger partial charge in [-0.1, -0.05) is 6.07 Å². The molecule has 0 radical (unpaired) electrons. The average Bonchev–Trinajstić information content (AvgIpc) is 3.23. The smallest absolute Gasteiger partial charge is 0.257 e. The number of amides is 3. The number of rotatable bonds is 10. The van der Waals surface area contributed by atoms with Crippen LogP contribution in [0.25, 0.3) is 0 Å². The van der Waals surface area contributed by atoms with E-state index in [0.717, 1.165) is 16.1 Å². The number of hydrogen-bond acceptors (Lipinski definition) is 6. The van der Waals surface area contributed by atoms with E-state index in [1.165, 1.54) is 7.11 Å². The van der Waals surface area contributed by atoms with Crippen molar-refractivity contribution < 1.29 is 23.9 Å². The van der Waals surface area contributed by atoms with Crippen LogP contribution in [0.5, 0.6) is 11.5 Å². The first kappa shape index (κ1) is 24.4. The highest BCUT2D eigenvalue weighted by atomic mass is 32.2. The lowest BCUT2D eigenvalue weighted by atomic mass is 10.1. The highest BCUT2D eigenvalue weighted by Gasteiger charge is 2.35. The normalized spacial score (nSPS) is 15.3. The molecule has 0 aromatic heterocycles. The Balaban J connectivity index is 1.55. The molecule has 0 spiro atoms. The summed E-state index contributed by atoms with van der Waals surface area (Å²) in [5, 5.41) is 5.57. The van der Waals surface area contributed by atoms with Crippen LogP contribution < -0.4 is 25.0 Å². The van der Waals surface area contributed by atoms with Crippen molar-refractivity contribution in [2.45, 2.75) is 24.8 Å². The number of hydrogen-bond donors (Lipinski definition) is 2. The van der Waals surface area contributed by atoms with Crippen molar-refractivity contribution in [1.29, 1.82) is 0 Å². The number of carbonyl (C=O) groups is 3. The predicted molar refractivity (Wildman–Crippen MR) is 128 cm³/mol.